The van der Waals surface area contributed by atoms with E-state index in [4.69, 9.17) is 9.72 Å². The molecule has 0 amide bonds. The maximum atomic E-state index is 13.1. The number of hydrogen-bond donors (Lipinski definition) is 1. The summed E-state index contributed by atoms with van der Waals surface area (Å²) in [7, 11) is 1.68. The zero-order chi connectivity index (χ0) is 15.2. The summed E-state index contributed by atoms with van der Waals surface area (Å²) >= 11 is 1.63. The standard InChI is InChI=1S/C16H21FN2OS/c1-11(2)14-10-21-16(19-14)15(18-8-9-20-3)12-4-6-13(17)7-5-12/h4-7,10-11,15,18H,8-9H2,1-3H3. The molecule has 0 aliphatic rings. The van der Waals surface area contributed by atoms with Crippen molar-refractivity contribution in [3.63, 3.8) is 0 Å². The van der Waals surface area contributed by atoms with Crippen LogP contribution in [0.25, 0.3) is 0 Å². The first-order valence-electron chi connectivity index (χ1n) is 7.05. The molecule has 21 heavy (non-hydrogen) atoms. The van der Waals surface area contributed by atoms with Crippen molar-refractivity contribution in [1.29, 1.82) is 0 Å². The number of halogens is 1. The van der Waals surface area contributed by atoms with E-state index in [0.717, 1.165) is 22.8 Å². The first-order chi connectivity index (χ1) is 10.1. The van der Waals surface area contributed by atoms with E-state index in [1.54, 1.807) is 30.6 Å². The molecule has 1 atom stereocenters. The van der Waals surface area contributed by atoms with Crippen LogP contribution in [0, 0.1) is 5.82 Å². The van der Waals surface area contributed by atoms with Gasteiger partial charge >= 0.3 is 0 Å². The molecule has 5 heteroatoms. The zero-order valence-corrected chi connectivity index (χ0v) is 13.4. The molecule has 0 fully saturated rings. The van der Waals surface area contributed by atoms with Gasteiger partial charge in [-0.3, -0.25) is 0 Å². The van der Waals surface area contributed by atoms with Crippen LogP contribution in [0.2, 0.25) is 0 Å². The molecule has 1 N–H and O–H groups in total. The van der Waals surface area contributed by atoms with Gasteiger partial charge < -0.3 is 10.1 Å². The van der Waals surface area contributed by atoms with Crippen LogP contribution in [0.15, 0.2) is 29.6 Å². The predicted octanol–water partition coefficient (Wildman–Crippen LogP) is 3.73. The van der Waals surface area contributed by atoms with E-state index in [2.05, 4.69) is 24.5 Å². The number of thiazole rings is 1. The van der Waals surface area contributed by atoms with Gasteiger partial charge in [-0.05, 0) is 23.6 Å². The third kappa shape index (κ3) is 4.33. The van der Waals surface area contributed by atoms with Gasteiger partial charge in [-0.25, -0.2) is 9.37 Å². The molecule has 1 unspecified atom stereocenters. The highest BCUT2D eigenvalue weighted by Crippen LogP contribution is 2.27. The van der Waals surface area contributed by atoms with E-state index >= 15 is 0 Å². The summed E-state index contributed by atoms with van der Waals surface area (Å²) in [5.74, 6) is 0.180. The summed E-state index contributed by atoms with van der Waals surface area (Å²) in [6.07, 6.45) is 0. The van der Waals surface area contributed by atoms with E-state index in [1.807, 2.05) is 0 Å². The maximum absolute atomic E-state index is 13.1. The predicted molar refractivity (Wildman–Crippen MR) is 84.3 cm³/mol. The largest absolute Gasteiger partial charge is 0.383 e. The summed E-state index contributed by atoms with van der Waals surface area (Å²) < 4.78 is 18.2. The van der Waals surface area contributed by atoms with Crippen molar-refractivity contribution in [1.82, 2.24) is 10.3 Å². The van der Waals surface area contributed by atoms with E-state index in [-0.39, 0.29) is 11.9 Å². The first-order valence-corrected chi connectivity index (χ1v) is 7.93. The Bertz CT molecular complexity index is 554. The van der Waals surface area contributed by atoms with Gasteiger partial charge in [0, 0.05) is 19.0 Å². The highest BCUT2D eigenvalue weighted by atomic mass is 32.1. The molecule has 2 aromatic rings. The Hall–Kier alpha value is -1.30. The highest BCUT2D eigenvalue weighted by Gasteiger charge is 2.18. The molecule has 0 saturated heterocycles. The summed E-state index contributed by atoms with van der Waals surface area (Å²) in [5, 5.41) is 6.52. The number of nitrogens with one attached hydrogen (secondary N) is 1. The lowest BCUT2D eigenvalue weighted by atomic mass is 10.1. The molecular formula is C16H21FN2OS. The number of nitrogens with zero attached hydrogens (tertiary/aromatic N) is 1. The second-order valence-electron chi connectivity index (χ2n) is 5.20. The number of aromatic nitrogens is 1. The van der Waals surface area contributed by atoms with Crippen LogP contribution in [0.3, 0.4) is 0 Å². The fraction of sp³-hybridized carbons (Fsp3) is 0.438. The van der Waals surface area contributed by atoms with Gasteiger partial charge in [-0.15, -0.1) is 11.3 Å². The summed E-state index contributed by atoms with van der Waals surface area (Å²) in [6.45, 7) is 5.60. The molecule has 1 aromatic heterocycles. The lowest BCUT2D eigenvalue weighted by Gasteiger charge is -2.17. The van der Waals surface area contributed by atoms with Crippen molar-refractivity contribution in [3.05, 3.63) is 51.7 Å². The molecule has 2 rings (SSSR count). The lowest BCUT2D eigenvalue weighted by molar-refractivity contribution is 0.197. The molecule has 0 aliphatic heterocycles. The van der Waals surface area contributed by atoms with Crippen LogP contribution in [-0.2, 0) is 4.74 Å². The molecule has 0 bridgehead atoms. The van der Waals surface area contributed by atoms with Crippen molar-refractivity contribution in [2.75, 3.05) is 20.3 Å². The van der Waals surface area contributed by atoms with Gasteiger partial charge in [0.15, 0.2) is 0 Å². The van der Waals surface area contributed by atoms with E-state index in [1.165, 1.54) is 12.1 Å². The van der Waals surface area contributed by atoms with Gasteiger partial charge in [0.1, 0.15) is 10.8 Å². The molecule has 0 saturated carbocycles. The van der Waals surface area contributed by atoms with Gasteiger partial charge in [0.25, 0.3) is 0 Å². The molecule has 3 nitrogen and oxygen atoms in total. The molecule has 114 valence electrons. The molecule has 0 radical (unpaired) electrons. The third-order valence-corrected chi connectivity index (χ3v) is 4.16. The summed E-state index contributed by atoms with van der Waals surface area (Å²) in [4.78, 5) is 4.71. The Morgan fingerprint density at radius 2 is 2.00 bits per heavy atom. The van der Waals surface area contributed by atoms with Crippen LogP contribution in [-0.4, -0.2) is 25.2 Å². The average Bonchev–Trinajstić information content (AvgIpc) is 2.95. The fourth-order valence-electron chi connectivity index (χ4n) is 2.01. The van der Waals surface area contributed by atoms with Crippen LogP contribution >= 0.6 is 11.3 Å². The van der Waals surface area contributed by atoms with Gasteiger partial charge in [0.2, 0.25) is 0 Å². The lowest BCUT2D eigenvalue weighted by Crippen LogP contribution is -2.26. The summed E-state index contributed by atoms with van der Waals surface area (Å²) in [6, 6.07) is 6.54. The molecule has 1 heterocycles. The smallest absolute Gasteiger partial charge is 0.123 e. The Morgan fingerprint density at radius 3 is 2.57 bits per heavy atom. The monoisotopic (exact) mass is 308 g/mol. The molecular weight excluding hydrogens is 287 g/mol. The van der Waals surface area contributed by atoms with Gasteiger partial charge in [-0.1, -0.05) is 26.0 Å². The second kappa shape index (κ2) is 7.64. The summed E-state index contributed by atoms with van der Waals surface area (Å²) in [5.41, 5.74) is 2.10. The Morgan fingerprint density at radius 1 is 1.29 bits per heavy atom. The van der Waals surface area contributed by atoms with Crippen molar-refractivity contribution < 1.29 is 9.13 Å². The molecule has 1 aromatic carbocycles. The van der Waals surface area contributed by atoms with Crippen LogP contribution in [0.4, 0.5) is 4.39 Å². The molecule has 0 spiro atoms. The quantitative estimate of drug-likeness (QED) is 0.791. The minimum Gasteiger partial charge on any atom is -0.383 e. The first kappa shape index (κ1) is 16.1. The van der Waals surface area contributed by atoms with Crippen LogP contribution < -0.4 is 5.32 Å². The van der Waals surface area contributed by atoms with Gasteiger partial charge in [-0.2, -0.15) is 0 Å². The van der Waals surface area contributed by atoms with Crippen molar-refractivity contribution in [2.24, 2.45) is 0 Å². The second-order valence-corrected chi connectivity index (χ2v) is 6.09. The van der Waals surface area contributed by atoms with Crippen molar-refractivity contribution in [3.8, 4) is 0 Å². The van der Waals surface area contributed by atoms with Crippen LogP contribution in [0.1, 0.15) is 42.1 Å². The number of ether oxygens (including phenoxy) is 1. The van der Waals surface area contributed by atoms with E-state index < -0.39 is 0 Å². The highest BCUT2D eigenvalue weighted by molar-refractivity contribution is 7.09. The SMILES string of the molecule is COCCNC(c1ccc(F)cc1)c1nc(C(C)C)cs1. The minimum atomic E-state index is -0.226. The van der Waals surface area contributed by atoms with E-state index in [0.29, 0.717) is 12.5 Å². The number of methoxy groups -OCH3 is 1. The van der Waals surface area contributed by atoms with Crippen molar-refractivity contribution in [2.45, 2.75) is 25.8 Å². The average molecular weight is 308 g/mol. The van der Waals surface area contributed by atoms with Crippen LogP contribution in [0.5, 0.6) is 0 Å². The third-order valence-electron chi connectivity index (χ3n) is 3.24. The normalized spacial score (nSPS) is 12.8. The minimum absolute atomic E-state index is 0.0294. The van der Waals surface area contributed by atoms with E-state index in [9.17, 15) is 4.39 Å². The Labute approximate surface area is 129 Å². The molecule has 0 aliphatic carbocycles. The number of hydrogen-bond acceptors (Lipinski definition) is 4. The Balaban J connectivity index is 2.23. The van der Waals surface area contributed by atoms with Gasteiger partial charge in [0.05, 0.1) is 18.3 Å². The topological polar surface area (TPSA) is 34.1 Å². The number of rotatable bonds is 7. The fourth-order valence-corrected chi connectivity index (χ4v) is 3.09. The maximum Gasteiger partial charge on any atom is 0.123 e. The number of benzene rings is 1. The van der Waals surface area contributed by atoms with Crippen molar-refractivity contribution >= 4 is 11.3 Å². The zero-order valence-electron chi connectivity index (χ0n) is 12.6. The Kier molecular flexibility index (Phi) is 5.85.